The molecule has 20 heavy (non-hydrogen) atoms. The first-order valence-electron chi connectivity index (χ1n) is 6.27. The highest BCUT2D eigenvalue weighted by Crippen LogP contribution is 2.09. The molecule has 0 aliphatic carbocycles. The van der Waals surface area contributed by atoms with Gasteiger partial charge in [0.2, 0.25) is 5.91 Å². The zero-order valence-electron chi connectivity index (χ0n) is 11.1. The lowest BCUT2D eigenvalue weighted by Crippen LogP contribution is -2.19. The predicted octanol–water partition coefficient (Wildman–Crippen LogP) is 3.34. The van der Waals surface area contributed by atoms with E-state index >= 15 is 0 Å². The van der Waals surface area contributed by atoms with Gasteiger partial charge in [0, 0.05) is 5.02 Å². The molecule has 0 atom stereocenters. The third kappa shape index (κ3) is 4.21. The van der Waals surface area contributed by atoms with Crippen molar-refractivity contribution >= 4 is 23.7 Å². The van der Waals surface area contributed by atoms with Crippen molar-refractivity contribution in [2.24, 2.45) is 5.10 Å². The summed E-state index contributed by atoms with van der Waals surface area (Å²) in [5.74, 6) is -0.155. The maximum Gasteiger partial charge on any atom is 0.244 e. The number of nitrogens with one attached hydrogen (secondary N) is 1. The molecule has 0 saturated heterocycles. The average molecular weight is 287 g/mol. The number of hydrogen-bond donors (Lipinski definition) is 1. The molecule has 0 unspecified atom stereocenters. The summed E-state index contributed by atoms with van der Waals surface area (Å²) < 4.78 is 0. The van der Waals surface area contributed by atoms with E-state index < -0.39 is 0 Å². The first kappa shape index (κ1) is 14.3. The van der Waals surface area contributed by atoms with E-state index in [9.17, 15) is 4.79 Å². The minimum Gasteiger partial charge on any atom is -0.273 e. The molecule has 0 aliphatic heterocycles. The van der Waals surface area contributed by atoms with Crippen LogP contribution in [-0.2, 0) is 11.2 Å². The molecule has 0 fully saturated rings. The van der Waals surface area contributed by atoms with Gasteiger partial charge in [0.1, 0.15) is 0 Å². The van der Waals surface area contributed by atoms with E-state index in [4.69, 9.17) is 11.6 Å². The topological polar surface area (TPSA) is 41.5 Å². The normalized spacial score (nSPS) is 10.7. The second-order valence-corrected chi connectivity index (χ2v) is 4.89. The Hall–Kier alpha value is -2.13. The first-order valence-corrected chi connectivity index (χ1v) is 6.65. The standard InChI is InChI=1S/C16H15ClN2O/c1-12-4-2-3-5-14(12)11-18-19-16(20)10-13-6-8-15(17)9-7-13/h2-9,11H,10H2,1H3,(H,19,20)/b18-11-. The SMILES string of the molecule is Cc1ccccc1/C=N\NC(=O)Cc1ccc(Cl)cc1. The van der Waals surface area contributed by atoms with Crippen molar-refractivity contribution in [3.05, 3.63) is 70.2 Å². The number of hydrazone groups is 1. The summed E-state index contributed by atoms with van der Waals surface area (Å²) in [5, 5.41) is 4.62. The van der Waals surface area contributed by atoms with Crippen LogP contribution in [0.3, 0.4) is 0 Å². The van der Waals surface area contributed by atoms with Crippen LogP contribution in [0.5, 0.6) is 0 Å². The van der Waals surface area contributed by atoms with Gasteiger partial charge in [-0.15, -0.1) is 0 Å². The lowest BCUT2D eigenvalue weighted by Gasteiger charge is -2.01. The lowest BCUT2D eigenvalue weighted by atomic mass is 10.1. The fraction of sp³-hybridized carbons (Fsp3) is 0.125. The highest BCUT2D eigenvalue weighted by Gasteiger charge is 2.01. The number of amides is 1. The highest BCUT2D eigenvalue weighted by molar-refractivity contribution is 6.30. The number of carbonyl (C=O) groups excluding carboxylic acids is 1. The molecule has 0 spiro atoms. The average Bonchev–Trinajstić information content (AvgIpc) is 2.43. The summed E-state index contributed by atoms with van der Waals surface area (Å²) in [7, 11) is 0. The van der Waals surface area contributed by atoms with Gasteiger partial charge in [0.25, 0.3) is 0 Å². The molecule has 2 aromatic carbocycles. The summed E-state index contributed by atoms with van der Waals surface area (Å²) in [6.07, 6.45) is 1.93. The lowest BCUT2D eigenvalue weighted by molar-refractivity contribution is -0.120. The van der Waals surface area contributed by atoms with Gasteiger partial charge < -0.3 is 0 Å². The van der Waals surface area contributed by atoms with Crippen LogP contribution in [0.2, 0.25) is 5.02 Å². The third-order valence-corrected chi connectivity index (χ3v) is 3.11. The van der Waals surface area contributed by atoms with Crippen LogP contribution in [-0.4, -0.2) is 12.1 Å². The van der Waals surface area contributed by atoms with Crippen molar-refractivity contribution in [2.75, 3.05) is 0 Å². The molecule has 1 N–H and O–H groups in total. The van der Waals surface area contributed by atoms with E-state index in [0.29, 0.717) is 5.02 Å². The van der Waals surface area contributed by atoms with Crippen LogP contribution >= 0.6 is 11.6 Å². The van der Waals surface area contributed by atoms with Gasteiger partial charge in [0.05, 0.1) is 12.6 Å². The van der Waals surface area contributed by atoms with Crippen molar-refractivity contribution in [2.45, 2.75) is 13.3 Å². The summed E-state index contributed by atoms with van der Waals surface area (Å²) in [5.41, 5.74) is 5.52. The maximum absolute atomic E-state index is 11.7. The monoisotopic (exact) mass is 286 g/mol. The molecule has 0 aliphatic rings. The second-order valence-electron chi connectivity index (χ2n) is 4.45. The van der Waals surface area contributed by atoms with E-state index in [1.807, 2.05) is 43.3 Å². The van der Waals surface area contributed by atoms with Gasteiger partial charge in [-0.2, -0.15) is 5.10 Å². The van der Waals surface area contributed by atoms with Crippen molar-refractivity contribution in [1.29, 1.82) is 0 Å². The van der Waals surface area contributed by atoms with E-state index in [2.05, 4.69) is 10.5 Å². The molecule has 4 heteroatoms. The zero-order valence-corrected chi connectivity index (χ0v) is 11.9. The third-order valence-electron chi connectivity index (χ3n) is 2.86. The Kier molecular flexibility index (Phi) is 4.91. The van der Waals surface area contributed by atoms with Crippen molar-refractivity contribution in [3.8, 4) is 0 Å². The Morgan fingerprint density at radius 2 is 1.90 bits per heavy atom. The zero-order chi connectivity index (χ0) is 14.4. The Morgan fingerprint density at radius 1 is 1.20 bits per heavy atom. The number of carbonyl (C=O) groups is 1. The first-order chi connectivity index (χ1) is 9.65. The molecule has 1 amide bonds. The Balaban J connectivity index is 1.89. The summed E-state index contributed by atoms with van der Waals surface area (Å²) in [6, 6.07) is 15.0. The fourth-order valence-electron chi connectivity index (χ4n) is 1.73. The maximum atomic E-state index is 11.7. The molecule has 2 rings (SSSR count). The molecule has 0 aromatic heterocycles. The van der Waals surface area contributed by atoms with Crippen LogP contribution in [0, 0.1) is 6.92 Å². The Bertz CT molecular complexity index is 621. The molecule has 0 radical (unpaired) electrons. The van der Waals surface area contributed by atoms with Crippen molar-refractivity contribution in [1.82, 2.24) is 5.43 Å². The number of benzene rings is 2. The van der Waals surface area contributed by atoms with Gasteiger partial charge in [-0.25, -0.2) is 5.43 Å². The van der Waals surface area contributed by atoms with Crippen molar-refractivity contribution < 1.29 is 4.79 Å². The second kappa shape index (κ2) is 6.87. The van der Waals surface area contributed by atoms with Gasteiger partial charge in [-0.05, 0) is 35.7 Å². The Labute approximate surface area is 123 Å². The van der Waals surface area contributed by atoms with Crippen LogP contribution in [0.1, 0.15) is 16.7 Å². The molecule has 2 aromatic rings. The molecular formula is C16H15ClN2O. The highest BCUT2D eigenvalue weighted by atomic mass is 35.5. The number of hydrogen-bond acceptors (Lipinski definition) is 2. The van der Waals surface area contributed by atoms with Gasteiger partial charge >= 0.3 is 0 Å². The van der Waals surface area contributed by atoms with E-state index in [1.165, 1.54) is 0 Å². The summed E-state index contributed by atoms with van der Waals surface area (Å²) in [4.78, 5) is 11.7. The van der Waals surface area contributed by atoms with Crippen LogP contribution in [0.4, 0.5) is 0 Å². The minimum atomic E-state index is -0.155. The number of halogens is 1. The fourth-order valence-corrected chi connectivity index (χ4v) is 1.86. The molecule has 3 nitrogen and oxygen atoms in total. The minimum absolute atomic E-state index is 0.155. The largest absolute Gasteiger partial charge is 0.273 e. The molecule has 0 bridgehead atoms. The van der Waals surface area contributed by atoms with E-state index in [0.717, 1.165) is 16.7 Å². The summed E-state index contributed by atoms with van der Waals surface area (Å²) in [6.45, 7) is 2.00. The summed E-state index contributed by atoms with van der Waals surface area (Å²) >= 11 is 5.79. The molecule has 0 heterocycles. The number of rotatable bonds is 4. The van der Waals surface area contributed by atoms with Gasteiger partial charge in [0.15, 0.2) is 0 Å². The van der Waals surface area contributed by atoms with E-state index in [1.54, 1.807) is 18.3 Å². The van der Waals surface area contributed by atoms with Gasteiger partial charge in [-0.1, -0.05) is 48.0 Å². The number of nitrogens with zero attached hydrogens (tertiary/aromatic N) is 1. The molecule has 0 saturated carbocycles. The Morgan fingerprint density at radius 3 is 2.60 bits per heavy atom. The van der Waals surface area contributed by atoms with E-state index in [-0.39, 0.29) is 12.3 Å². The molecular weight excluding hydrogens is 272 g/mol. The molecule has 102 valence electrons. The van der Waals surface area contributed by atoms with Crippen LogP contribution in [0.15, 0.2) is 53.6 Å². The van der Waals surface area contributed by atoms with Crippen LogP contribution < -0.4 is 5.43 Å². The van der Waals surface area contributed by atoms with Crippen molar-refractivity contribution in [3.63, 3.8) is 0 Å². The predicted molar refractivity (Wildman–Crippen MR) is 82.1 cm³/mol. The smallest absolute Gasteiger partial charge is 0.244 e. The number of aryl methyl sites for hydroxylation is 1. The quantitative estimate of drug-likeness (QED) is 0.680. The van der Waals surface area contributed by atoms with Crippen LogP contribution in [0.25, 0.3) is 0 Å². The van der Waals surface area contributed by atoms with Gasteiger partial charge in [-0.3, -0.25) is 4.79 Å².